The predicted molar refractivity (Wildman–Crippen MR) is 80.4 cm³/mol. The molecule has 5 heteroatoms. The first-order valence-corrected chi connectivity index (χ1v) is 7.86. The summed E-state index contributed by atoms with van der Waals surface area (Å²) in [6, 6.07) is 0.342. The molecule has 0 spiro atoms. The van der Waals surface area contributed by atoms with E-state index in [2.05, 4.69) is 40.2 Å². The van der Waals surface area contributed by atoms with Gasteiger partial charge in [-0.2, -0.15) is 5.10 Å². The van der Waals surface area contributed by atoms with Crippen LogP contribution < -0.4 is 5.32 Å². The Kier molecular flexibility index (Phi) is 5.03. The molecule has 0 radical (unpaired) electrons. The second kappa shape index (κ2) is 6.37. The summed E-state index contributed by atoms with van der Waals surface area (Å²) in [5.74, 6) is 0.620. The maximum atomic E-state index is 5.90. The minimum Gasteiger partial charge on any atom is -0.376 e. The molecule has 3 unspecified atom stereocenters. The van der Waals surface area contributed by atoms with Crippen molar-refractivity contribution >= 4 is 15.9 Å². The molecule has 1 aromatic heterocycles. The lowest BCUT2D eigenvalue weighted by Gasteiger charge is -2.26. The molecule has 2 rings (SSSR count). The van der Waals surface area contributed by atoms with Crippen LogP contribution in [0.25, 0.3) is 0 Å². The average molecular weight is 330 g/mol. The lowest BCUT2D eigenvalue weighted by atomic mass is 9.94. The Balaban J connectivity index is 2.16. The topological polar surface area (TPSA) is 39.1 Å². The Morgan fingerprint density at radius 1 is 1.58 bits per heavy atom. The van der Waals surface area contributed by atoms with Gasteiger partial charge in [0.15, 0.2) is 0 Å². The summed E-state index contributed by atoms with van der Waals surface area (Å²) < 4.78 is 9.04. The van der Waals surface area contributed by atoms with Crippen molar-refractivity contribution < 1.29 is 4.74 Å². The number of aromatic nitrogens is 2. The molecule has 1 N–H and O–H groups in total. The Morgan fingerprint density at radius 3 is 2.79 bits per heavy atom. The first-order chi connectivity index (χ1) is 9.08. The van der Waals surface area contributed by atoms with Crippen LogP contribution in [-0.2, 0) is 24.6 Å². The number of hydrogen-bond donors (Lipinski definition) is 1. The summed E-state index contributed by atoms with van der Waals surface area (Å²) in [5, 5.41) is 7.98. The number of ether oxygens (including phenoxy) is 1. The van der Waals surface area contributed by atoms with E-state index < -0.39 is 0 Å². The smallest absolute Gasteiger partial charge is 0.0766 e. The van der Waals surface area contributed by atoms with Gasteiger partial charge in [-0.3, -0.25) is 4.68 Å². The van der Waals surface area contributed by atoms with E-state index in [4.69, 9.17) is 4.74 Å². The molecule has 0 bridgehead atoms. The zero-order valence-electron chi connectivity index (χ0n) is 12.2. The molecule has 0 aromatic carbocycles. The first kappa shape index (κ1) is 15.0. The van der Waals surface area contributed by atoms with Gasteiger partial charge in [0, 0.05) is 26.1 Å². The van der Waals surface area contributed by atoms with E-state index >= 15 is 0 Å². The molecule has 0 saturated carbocycles. The standard InChI is InChI=1S/C14H24BrN3O/c1-5-10-13(15)12(18(4)17-10)8-11(16-3)14-9(2)6-7-19-14/h9,11,14,16H,5-8H2,1-4H3. The van der Waals surface area contributed by atoms with Crippen LogP contribution >= 0.6 is 15.9 Å². The third kappa shape index (κ3) is 3.03. The lowest BCUT2D eigenvalue weighted by Crippen LogP contribution is -2.42. The van der Waals surface area contributed by atoms with Gasteiger partial charge in [0.05, 0.1) is 22.0 Å². The van der Waals surface area contributed by atoms with Gasteiger partial charge in [-0.05, 0) is 41.7 Å². The SMILES string of the molecule is CCc1nn(C)c(CC(NC)C2OCCC2C)c1Br. The van der Waals surface area contributed by atoms with Crippen molar-refractivity contribution in [3.63, 3.8) is 0 Å². The molecule has 4 nitrogen and oxygen atoms in total. The van der Waals surface area contributed by atoms with Crippen LogP contribution in [0.15, 0.2) is 4.47 Å². The second-order valence-electron chi connectivity index (χ2n) is 5.39. The maximum Gasteiger partial charge on any atom is 0.0766 e. The van der Waals surface area contributed by atoms with Gasteiger partial charge < -0.3 is 10.1 Å². The number of nitrogens with zero attached hydrogens (tertiary/aromatic N) is 2. The summed E-state index contributed by atoms with van der Waals surface area (Å²) in [6.07, 6.45) is 3.36. The highest BCUT2D eigenvalue weighted by molar-refractivity contribution is 9.10. The molecule has 0 amide bonds. The van der Waals surface area contributed by atoms with Crippen LogP contribution in [0.5, 0.6) is 0 Å². The largest absolute Gasteiger partial charge is 0.376 e. The minimum atomic E-state index is 0.303. The Bertz CT molecular complexity index is 433. The monoisotopic (exact) mass is 329 g/mol. The summed E-state index contributed by atoms with van der Waals surface area (Å²) in [6.45, 7) is 5.29. The molecular weight excluding hydrogens is 306 g/mol. The molecule has 2 heterocycles. The molecule has 1 aliphatic rings. The third-order valence-corrected chi connectivity index (χ3v) is 5.04. The van der Waals surface area contributed by atoms with Crippen LogP contribution in [0.1, 0.15) is 31.7 Å². The van der Waals surface area contributed by atoms with Gasteiger partial charge in [-0.1, -0.05) is 13.8 Å². The predicted octanol–water partition coefficient (Wildman–Crippen LogP) is 2.30. The van der Waals surface area contributed by atoms with E-state index in [1.165, 1.54) is 5.69 Å². The summed E-state index contributed by atoms with van der Waals surface area (Å²) in [5.41, 5.74) is 2.38. The number of halogens is 1. The van der Waals surface area contributed by atoms with Crippen molar-refractivity contribution in [3.8, 4) is 0 Å². The molecule has 19 heavy (non-hydrogen) atoms. The number of nitrogens with one attached hydrogen (secondary N) is 1. The highest BCUT2D eigenvalue weighted by atomic mass is 79.9. The number of likely N-dealkylation sites (N-methyl/N-ethyl adjacent to an activating group) is 1. The quantitative estimate of drug-likeness (QED) is 0.900. The van der Waals surface area contributed by atoms with Crippen molar-refractivity contribution in [2.45, 2.75) is 45.3 Å². The van der Waals surface area contributed by atoms with Crippen molar-refractivity contribution in [2.24, 2.45) is 13.0 Å². The fourth-order valence-corrected chi connectivity index (χ4v) is 3.64. The van der Waals surface area contributed by atoms with Crippen molar-refractivity contribution in [1.82, 2.24) is 15.1 Å². The molecule has 108 valence electrons. The summed E-state index contributed by atoms with van der Waals surface area (Å²) in [7, 11) is 4.04. The molecule has 0 aliphatic carbocycles. The van der Waals surface area contributed by atoms with Gasteiger partial charge in [0.1, 0.15) is 0 Å². The second-order valence-corrected chi connectivity index (χ2v) is 6.18. The zero-order valence-corrected chi connectivity index (χ0v) is 13.8. The Labute approximate surface area is 124 Å². The van der Waals surface area contributed by atoms with E-state index in [1.54, 1.807) is 0 Å². The van der Waals surface area contributed by atoms with Gasteiger partial charge in [0.25, 0.3) is 0 Å². The molecule has 3 atom stereocenters. The van der Waals surface area contributed by atoms with Gasteiger partial charge in [-0.25, -0.2) is 0 Å². The van der Waals surface area contributed by atoms with E-state index in [0.717, 1.165) is 36.0 Å². The summed E-state index contributed by atoms with van der Waals surface area (Å²) in [4.78, 5) is 0. The van der Waals surface area contributed by atoms with Gasteiger partial charge in [-0.15, -0.1) is 0 Å². The fourth-order valence-electron chi connectivity index (χ4n) is 2.86. The number of aryl methyl sites for hydroxylation is 2. The van der Waals surface area contributed by atoms with Gasteiger partial charge in [0.2, 0.25) is 0 Å². The molecule has 1 aliphatic heterocycles. The highest BCUT2D eigenvalue weighted by Gasteiger charge is 2.32. The normalized spacial score (nSPS) is 24.9. The fraction of sp³-hybridized carbons (Fsp3) is 0.786. The number of hydrogen-bond acceptors (Lipinski definition) is 3. The molecule has 1 saturated heterocycles. The molecular formula is C14H24BrN3O. The van der Waals surface area contributed by atoms with Crippen LogP contribution in [-0.4, -0.2) is 35.6 Å². The van der Waals surface area contributed by atoms with E-state index in [9.17, 15) is 0 Å². The lowest BCUT2D eigenvalue weighted by molar-refractivity contribution is 0.0628. The minimum absolute atomic E-state index is 0.303. The van der Waals surface area contributed by atoms with Crippen molar-refractivity contribution in [1.29, 1.82) is 0 Å². The van der Waals surface area contributed by atoms with E-state index in [1.807, 2.05) is 18.8 Å². The molecule has 1 aromatic rings. The van der Waals surface area contributed by atoms with Gasteiger partial charge >= 0.3 is 0 Å². The third-order valence-electron chi connectivity index (χ3n) is 4.13. The van der Waals surface area contributed by atoms with E-state index in [-0.39, 0.29) is 0 Å². The molecule has 1 fully saturated rings. The van der Waals surface area contributed by atoms with Crippen LogP contribution in [0.4, 0.5) is 0 Å². The van der Waals surface area contributed by atoms with Crippen LogP contribution in [0.2, 0.25) is 0 Å². The average Bonchev–Trinajstić information content (AvgIpc) is 2.93. The zero-order chi connectivity index (χ0) is 14.0. The van der Waals surface area contributed by atoms with E-state index in [0.29, 0.717) is 18.1 Å². The number of rotatable bonds is 5. The van der Waals surface area contributed by atoms with Crippen LogP contribution in [0, 0.1) is 5.92 Å². The van der Waals surface area contributed by atoms with Crippen molar-refractivity contribution in [3.05, 3.63) is 15.9 Å². The maximum absolute atomic E-state index is 5.90. The Hall–Kier alpha value is -0.390. The first-order valence-electron chi connectivity index (χ1n) is 7.07. The summed E-state index contributed by atoms with van der Waals surface area (Å²) >= 11 is 3.69. The Morgan fingerprint density at radius 2 is 2.32 bits per heavy atom. The highest BCUT2D eigenvalue weighted by Crippen LogP contribution is 2.28. The van der Waals surface area contributed by atoms with Crippen LogP contribution in [0.3, 0.4) is 0 Å². The van der Waals surface area contributed by atoms with Crippen molar-refractivity contribution in [2.75, 3.05) is 13.7 Å².